The normalized spacial score (nSPS) is 26.0. The van der Waals surface area contributed by atoms with Crippen LogP contribution in [0.4, 0.5) is 4.39 Å². The summed E-state index contributed by atoms with van der Waals surface area (Å²) in [5.41, 5.74) is 0.888. The number of aromatic nitrogens is 1. The van der Waals surface area contributed by atoms with Crippen molar-refractivity contribution in [2.75, 3.05) is 6.54 Å². The van der Waals surface area contributed by atoms with Crippen molar-refractivity contribution in [2.24, 2.45) is 5.41 Å². The van der Waals surface area contributed by atoms with E-state index in [9.17, 15) is 4.39 Å². The van der Waals surface area contributed by atoms with Gasteiger partial charge in [-0.25, -0.2) is 4.39 Å². The molecule has 88 valence electrons. The van der Waals surface area contributed by atoms with E-state index in [-0.39, 0.29) is 16.8 Å². The van der Waals surface area contributed by atoms with Gasteiger partial charge in [0, 0.05) is 6.20 Å². The van der Waals surface area contributed by atoms with Gasteiger partial charge in [-0.3, -0.25) is 4.98 Å². The number of rotatable bonds is 1. The molecule has 1 saturated heterocycles. The zero-order valence-corrected chi connectivity index (χ0v) is 10.2. The van der Waals surface area contributed by atoms with Crippen LogP contribution in [0.1, 0.15) is 39.2 Å². The van der Waals surface area contributed by atoms with E-state index in [1.54, 1.807) is 12.3 Å². The highest BCUT2D eigenvalue weighted by Crippen LogP contribution is 2.45. The molecule has 1 fully saturated rings. The van der Waals surface area contributed by atoms with E-state index < -0.39 is 0 Å². The maximum atomic E-state index is 13.3. The molecule has 1 aromatic heterocycles. The molecule has 0 bridgehead atoms. The van der Waals surface area contributed by atoms with Gasteiger partial charge in [-0.1, -0.05) is 20.8 Å². The molecule has 1 unspecified atom stereocenters. The van der Waals surface area contributed by atoms with Crippen LogP contribution in [0.2, 0.25) is 0 Å². The third-order valence-corrected chi connectivity index (χ3v) is 3.63. The summed E-state index contributed by atoms with van der Waals surface area (Å²) in [6, 6.07) is 1.61. The molecule has 16 heavy (non-hydrogen) atoms. The Bertz CT molecular complexity index is 376. The zero-order valence-electron chi connectivity index (χ0n) is 10.2. The van der Waals surface area contributed by atoms with E-state index in [0.29, 0.717) is 0 Å². The maximum absolute atomic E-state index is 13.3. The third kappa shape index (κ3) is 1.73. The average molecular weight is 222 g/mol. The number of hydrogen-bond acceptors (Lipinski definition) is 2. The van der Waals surface area contributed by atoms with Crippen molar-refractivity contribution < 1.29 is 4.39 Å². The summed E-state index contributed by atoms with van der Waals surface area (Å²) in [7, 11) is 0. The van der Waals surface area contributed by atoms with Crippen molar-refractivity contribution in [3.05, 3.63) is 29.8 Å². The molecular weight excluding hydrogens is 203 g/mol. The highest BCUT2D eigenvalue weighted by atomic mass is 19.1. The van der Waals surface area contributed by atoms with Crippen LogP contribution in [0.5, 0.6) is 0 Å². The van der Waals surface area contributed by atoms with Gasteiger partial charge >= 0.3 is 0 Å². The van der Waals surface area contributed by atoms with Crippen LogP contribution < -0.4 is 5.32 Å². The van der Waals surface area contributed by atoms with Crippen molar-refractivity contribution in [1.29, 1.82) is 0 Å². The lowest BCUT2D eigenvalue weighted by molar-refractivity contribution is 0.160. The first-order chi connectivity index (χ1) is 7.46. The molecule has 2 nitrogen and oxygen atoms in total. The van der Waals surface area contributed by atoms with Crippen LogP contribution in [0.3, 0.4) is 0 Å². The Kier molecular flexibility index (Phi) is 2.74. The minimum atomic E-state index is -0.255. The van der Waals surface area contributed by atoms with E-state index in [1.807, 2.05) is 0 Å². The predicted molar refractivity (Wildman–Crippen MR) is 62.6 cm³/mol. The molecule has 0 radical (unpaired) electrons. The number of halogens is 1. The van der Waals surface area contributed by atoms with Gasteiger partial charge in [0.15, 0.2) is 0 Å². The number of nitrogens with one attached hydrogen (secondary N) is 1. The Labute approximate surface area is 96.3 Å². The molecule has 2 rings (SSSR count). The molecule has 2 heterocycles. The topological polar surface area (TPSA) is 24.9 Å². The van der Waals surface area contributed by atoms with Crippen molar-refractivity contribution in [1.82, 2.24) is 10.3 Å². The Morgan fingerprint density at radius 3 is 2.62 bits per heavy atom. The SMILES string of the molecule is CC(C)(C)C1(c2cncc(F)c2)CCCN1. The first-order valence-electron chi connectivity index (χ1n) is 5.82. The molecule has 1 aliphatic rings. The summed E-state index contributed by atoms with van der Waals surface area (Å²) < 4.78 is 13.3. The number of hydrogen-bond donors (Lipinski definition) is 1. The molecular formula is C13H19FN2. The lowest BCUT2D eigenvalue weighted by Crippen LogP contribution is -2.48. The number of pyridine rings is 1. The summed E-state index contributed by atoms with van der Waals surface area (Å²) in [4.78, 5) is 3.97. The van der Waals surface area contributed by atoms with Crippen molar-refractivity contribution in [3.63, 3.8) is 0 Å². The second-order valence-corrected chi connectivity index (χ2v) is 5.58. The van der Waals surface area contributed by atoms with Gasteiger partial charge in [-0.15, -0.1) is 0 Å². The molecule has 0 aliphatic carbocycles. The molecule has 1 aliphatic heterocycles. The second kappa shape index (κ2) is 3.81. The van der Waals surface area contributed by atoms with Crippen molar-refractivity contribution in [3.8, 4) is 0 Å². The van der Waals surface area contributed by atoms with Crippen LogP contribution in [-0.4, -0.2) is 11.5 Å². The predicted octanol–water partition coefficient (Wildman–Crippen LogP) is 2.85. The molecule has 0 amide bonds. The van der Waals surface area contributed by atoms with Gasteiger partial charge < -0.3 is 5.32 Å². The van der Waals surface area contributed by atoms with E-state index >= 15 is 0 Å². The highest BCUT2D eigenvalue weighted by Gasteiger charge is 2.45. The summed E-state index contributed by atoms with van der Waals surface area (Å²) in [6.45, 7) is 7.57. The first kappa shape index (κ1) is 11.5. The minimum Gasteiger partial charge on any atom is -0.307 e. The van der Waals surface area contributed by atoms with E-state index in [0.717, 1.165) is 24.9 Å². The summed E-state index contributed by atoms with van der Waals surface area (Å²) >= 11 is 0. The fraction of sp³-hybridized carbons (Fsp3) is 0.615. The van der Waals surface area contributed by atoms with E-state index in [4.69, 9.17) is 0 Å². The minimum absolute atomic E-state index is 0.0545. The van der Waals surface area contributed by atoms with Crippen LogP contribution in [0, 0.1) is 11.2 Å². The zero-order chi connectivity index (χ0) is 11.8. The average Bonchev–Trinajstić information content (AvgIpc) is 2.66. The standard InChI is InChI=1S/C13H19FN2/c1-12(2,3)13(5-4-6-16-13)10-7-11(14)9-15-8-10/h7-9,16H,4-6H2,1-3H3. The van der Waals surface area contributed by atoms with Crippen LogP contribution in [-0.2, 0) is 5.54 Å². The van der Waals surface area contributed by atoms with Gasteiger partial charge in [0.25, 0.3) is 0 Å². The van der Waals surface area contributed by atoms with E-state index in [2.05, 4.69) is 31.1 Å². The first-order valence-corrected chi connectivity index (χ1v) is 5.82. The summed E-state index contributed by atoms with van der Waals surface area (Å²) in [5, 5.41) is 3.55. The van der Waals surface area contributed by atoms with Crippen molar-refractivity contribution >= 4 is 0 Å². The fourth-order valence-corrected chi connectivity index (χ4v) is 2.71. The molecule has 1 aromatic rings. The Balaban J connectivity index is 2.48. The van der Waals surface area contributed by atoms with Crippen LogP contribution >= 0.6 is 0 Å². The Morgan fingerprint density at radius 2 is 2.12 bits per heavy atom. The molecule has 0 aromatic carbocycles. The van der Waals surface area contributed by atoms with Gasteiger partial charge in [0.2, 0.25) is 0 Å². The highest BCUT2D eigenvalue weighted by molar-refractivity contribution is 5.26. The van der Waals surface area contributed by atoms with Crippen molar-refractivity contribution in [2.45, 2.75) is 39.2 Å². The molecule has 0 spiro atoms. The lowest BCUT2D eigenvalue weighted by atomic mass is 9.69. The van der Waals surface area contributed by atoms with Gasteiger partial charge in [-0.2, -0.15) is 0 Å². The van der Waals surface area contributed by atoms with Gasteiger partial charge in [0.1, 0.15) is 5.82 Å². The van der Waals surface area contributed by atoms with Gasteiger partial charge in [-0.05, 0) is 36.4 Å². The Morgan fingerprint density at radius 1 is 1.38 bits per heavy atom. The molecule has 1 N–H and O–H groups in total. The Hall–Kier alpha value is -0.960. The second-order valence-electron chi connectivity index (χ2n) is 5.58. The van der Waals surface area contributed by atoms with Gasteiger partial charge in [0.05, 0.1) is 11.7 Å². The quantitative estimate of drug-likeness (QED) is 0.790. The van der Waals surface area contributed by atoms with E-state index in [1.165, 1.54) is 6.20 Å². The smallest absolute Gasteiger partial charge is 0.141 e. The fourth-order valence-electron chi connectivity index (χ4n) is 2.71. The number of nitrogens with zero attached hydrogens (tertiary/aromatic N) is 1. The third-order valence-electron chi connectivity index (χ3n) is 3.63. The largest absolute Gasteiger partial charge is 0.307 e. The molecule has 0 saturated carbocycles. The summed E-state index contributed by atoms with van der Waals surface area (Å²) in [6.07, 6.45) is 5.22. The van der Waals surface area contributed by atoms with Crippen LogP contribution in [0.15, 0.2) is 18.5 Å². The lowest BCUT2D eigenvalue weighted by Gasteiger charge is -2.42. The monoisotopic (exact) mass is 222 g/mol. The van der Waals surface area contributed by atoms with Crippen LogP contribution in [0.25, 0.3) is 0 Å². The molecule has 3 heteroatoms. The molecule has 1 atom stereocenters. The summed E-state index contributed by atoms with van der Waals surface area (Å²) in [5.74, 6) is -0.255. The maximum Gasteiger partial charge on any atom is 0.141 e.